The minimum Gasteiger partial charge on any atom is -0.496 e. The van der Waals surface area contributed by atoms with Gasteiger partial charge in [0.25, 0.3) is 5.91 Å². The number of thiazole rings is 1. The number of hydrogen-bond acceptors (Lipinski definition) is 5. The zero-order chi connectivity index (χ0) is 21.4. The van der Waals surface area contributed by atoms with E-state index >= 15 is 0 Å². The first-order valence-electron chi connectivity index (χ1n) is 9.87. The van der Waals surface area contributed by atoms with E-state index in [-0.39, 0.29) is 5.91 Å². The van der Waals surface area contributed by atoms with Gasteiger partial charge in [0.1, 0.15) is 19.0 Å². The fourth-order valence-electron chi connectivity index (χ4n) is 3.70. The third kappa shape index (κ3) is 3.47. The summed E-state index contributed by atoms with van der Waals surface area (Å²) < 4.78 is 19.8. The molecule has 0 bridgehead atoms. The van der Waals surface area contributed by atoms with E-state index in [0.29, 0.717) is 47.4 Å². The first kappa shape index (κ1) is 19.4. The quantitative estimate of drug-likeness (QED) is 0.444. The monoisotopic (exact) mass is 432 g/mol. The van der Waals surface area contributed by atoms with Gasteiger partial charge in [-0.15, -0.1) is 6.58 Å². The van der Waals surface area contributed by atoms with Crippen molar-refractivity contribution in [3.63, 3.8) is 0 Å². The summed E-state index contributed by atoms with van der Waals surface area (Å²) in [7, 11) is 1.56. The Labute approximate surface area is 182 Å². The van der Waals surface area contributed by atoms with Crippen molar-refractivity contribution in [2.24, 2.45) is 4.99 Å². The van der Waals surface area contributed by atoms with Crippen LogP contribution in [0.25, 0.3) is 21.0 Å². The van der Waals surface area contributed by atoms with Crippen molar-refractivity contribution >= 4 is 38.2 Å². The highest BCUT2D eigenvalue weighted by Gasteiger charge is 2.18. The standard InChI is InChI=1S/C24H20N2O4S/c1-3-8-26-18-13-20-21(30-10-9-29-20)14-22(18)31-24(26)25-23(27)17-11-15-6-4-5-7-16(15)12-19(17)28-2/h3-7,11-14H,1,8-10H2,2H3. The van der Waals surface area contributed by atoms with Crippen LogP contribution in [0.15, 0.2) is 66.2 Å². The molecule has 6 nitrogen and oxygen atoms in total. The van der Waals surface area contributed by atoms with Crippen LogP contribution in [-0.2, 0) is 6.54 Å². The van der Waals surface area contributed by atoms with Crippen molar-refractivity contribution in [1.29, 1.82) is 0 Å². The first-order chi connectivity index (χ1) is 15.2. The molecule has 0 spiro atoms. The highest BCUT2D eigenvalue weighted by Crippen LogP contribution is 2.35. The average molecular weight is 433 g/mol. The molecule has 156 valence electrons. The van der Waals surface area contributed by atoms with Crippen molar-refractivity contribution in [3.05, 3.63) is 71.6 Å². The minimum absolute atomic E-state index is 0.357. The summed E-state index contributed by atoms with van der Waals surface area (Å²) in [6.45, 7) is 5.40. The number of nitrogens with zero attached hydrogens (tertiary/aromatic N) is 2. The van der Waals surface area contributed by atoms with Crippen LogP contribution in [-0.4, -0.2) is 30.8 Å². The van der Waals surface area contributed by atoms with Gasteiger partial charge in [0.15, 0.2) is 16.3 Å². The highest BCUT2D eigenvalue weighted by molar-refractivity contribution is 7.16. The maximum absolute atomic E-state index is 13.2. The van der Waals surface area contributed by atoms with Crippen molar-refractivity contribution in [2.75, 3.05) is 20.3 Å². The first-order valence-corrected chi connectivity index (χ1v) is 10.7. The van der Waals surface area contributed by atoms with Crippen LogP contribution in [0, 0.1) is 0 Å². The second-order valence-corrected chi connectivity index (χ2v) is 8.07. The molecule has 1 aliphatic heterocycles. The molecule has 3 aromatic carbocycles. The van der Waals surface area contributed by atoms with E-state index in [0.717, 1.165) is 21.0 Å². The van der Waals surface area contributed by atoms with E-state index in [9.17, 15) is 4.79 Å². The number of rotatable bonds is 4. The molecular weight excluding hydrogens is 412 g/mol. The summed E-state index contributed by atoms with van der Waals surface area (Å²) in [5.41, 5.74) is 1.35. The molecule has 31 heavy (non-hydrogen) atoms. The molecule has 2 heterocycles. The average Bonchev–Trinajstić information content (AvgIpc) is 3.12. The number of ether oxygens (including phenoxy) is 3. The Bertz CT molecular complexity index is 1400. The Kier molecular flexibility index (Phi) is 4.95. The van der Waals surface area contributed by atoms with Crippen molar-refractivity contribution in [1.82, 2.24) is 4.57 Å². The normalized spacial score (nSPS) is 13.5. The molecule has 0 saturated carbocycles. The summed E-state index contributed by atoms with van der Waals surface area (Å²) in [5, 5.41) is 1.96. The molecule has 0 unspecified atom stereocenters. The Balaban J connectivity index is 1.67. The SMILES string of the molecule is C=CCn1c(=NC(=O)c2cc3ccccc3cc2OC)sc2cc3c(cc21)OCCO3. The lowest BCUT2D eigenvalue weighted by atomic mass is 10.1. The molecule has 1 amide bonds. The molecule has 0 radical (unpaired) electrons. The summed E-state index contributed by atoms with van der Waals surface area (Å²) in [5.74, 6) is 1.55. The van der Waals surface area contributed by atoms with Crippen LogP contribution in [0.1, 0.15) is 10.4 Å². The molecule has 0 N–H and O–H groups in total. The molecule has 1 aromatic heterocycles. The molecule has 4 aromatic rings. The van der Waals surface area contributed by atoms with Crippen LogP contribution < -0.4 is 19.0 Å². The van der Waals surface area contributed by atoms with Gasteiger partial charge in [-0.25, -0.2) is 0 Å². The van der Waals surface area contributed by atoms with Crippen LogP contribution in [0.4, 0.5) is 0 Å². The van der Waals surface area contributed by atoms with Gasteiger partial charge in [-0.2, -0.15) is 4.99 Å². The van der Waals surface area contributed by atoms with E-state index in [1.54, 1.807) is 13.2 Å². The van der Waals surface area contributed by atoms with Gasteiger partial charge in [0.05, 0.1) is 22.9 Å². The van der Waals surface area contributed by atoms with Gasteiger partial charge in [-0.1, -0.05) is 41.7 Å². The Morgan fingerprint density at radius 2 is 1.87 bits per heavy atom. The predicted octanol–water partition coefficient (Wildman–Crippen LogP) is 4.56. The second-order valence-electron chi connectivity index (χ2n) is 7.06. The number of hydrogen-bond donors (Lipinski definition) is 0. The molecule has 0 saturated heterocycles. The number of benzene rings is 3. The number of fused-ring (bicyclic) bond motifs is 3. The van der Waals surface area contributed by atoms with Gasteiger partial charge < -0.3 is 18.8 Å². The predicted molar refractivity (Wildman–Crippen MR) is 121 cm³/mol. The van der Waals surface area contributed by atoms with Crippen LogP contribution in [0.3, 0.4) is 0 Å². The maximum atomic E-state index is 13.2. The van der Waals surface area contributed by atoms with E-state index in [1.165, 1.54) is 11.3 Å². The largest absolute Gasteiger partial charge is 0.496 e. The third-order valence-electron chi connectivity index (χ3n) is 5.15. The lowest BCUT2D eigenvalue weighted by Gasteiger charge is -2.18. The molecule has 0 fully saturated rings. The number of amides is 1. The molecular formula is C24H20N2O4S. The highest BCUT2D eigenvalue weighted by atomic mass is 32.1. The van der Waals surface area contributed by atoms with E-state index < -0.39 is 0 Å². The summed E-state index contributed by atoms with van der Waals surface area (Å²) in [6.07, 6.45) is 1.78. The van der Waals surface area contributed by atoms with Crippen molar-refractivity contribution < 1.29 is 19.0 Å². The zero-order valence-electron chi connectivity index (χ0n) is 17.0. The number of carbonyl (C=O) groups is 1. The third-order valence-corrected chi connectivity index (χ3v) is 6.19. The number of allylic oxidation sites excluding steroid dienone is 1. The molecule has 7 heteroatoms. The summed E-state index contributed by atoms with van der Waals surface area (Å²) in [4.78, 5) is 18.2. The lowest BCUT2D eigenvalue weighted by molar-refractivity contribution is 0.0995. The topological polar surface area (TPSA) is 62.1 Å². The number of carbonyl (C=O) groups excluding carboxylic acids is 1. The maximum Gasteiger partial charge on any atom is 0.283 e. The second kappa shape index (κ2) is 7.92. The number of methoxy groups -OCH3 is 1. The van der Waals surface area contributed by atoms with Crippen LogP contribution >= 0.6 is 11.3 Å². The van der Waals surface area contributed by atoms with Gasteiger partial charge in [0, 0.05) is 18.7 Å². The molecule has 0 atom stereocenters. The minimum atomic E-state index is -0.357. The molecule has 0 aliphatic carbocycles. The van der Waals surface area contributed by atoms with Gasteiger partial charge in [0.2, 0.25) is 0 Å². The van der Waals surface area contributed by atoms with Crippen molar-refractivity contribution in [2.45, 2.75) is 6.54 Å². The van der Waals surface area contributed by atoms with Crippen LogP contribution in [0.5, 0.6) is 17.2 Å². The molecule has 1 aliphatic rings. The van der Waals surface area contributed by atoms with Gasteiger partial charge in [-0.3, -0.25) is 4.79 Å². The van der Waals surface area contributed by atoms with E-state index in [4.69, 9.17) is 14.2 Å². The van der Waals surface area contributed by atoms with Gasteiger partial charge in [-0.05, 0) is 22.9 Å². The fourth-order valence-corrected chi connectivity index (χ4v) is 4.75. The lowest BCUT2D eigenvalue weighted by Crippen LogP contribution is -2.17. The fraction of sp³-hybridized carbons (Fsp3) is 0.167. The summed E-state index contributed by atoms with van der Waals surface area (Å²) >= 11 is 1.43. The smallest absolute Gasteiger partial charge is 0.283 e. The van der Waals surface area contributed by atoms with Crippen LogP contribution in [0.2, 0.25) is 0 Å². The zero-order valence-corrected chi connectivity index (χ0v) is 17.8. The number of aromatic nitrogens is 1. The van der Waals surface area contributed by atoms with Gasteiger partial charge >= 0.3 is 0 Å². The molecule has 5 rings (SSSR count). The Morgan fingerprint density at radius 3 is 2.58 bits per heavy atom. The summed E-state index contributed by atoms with van der Waals surface area (Å²) in [6, 6.07) is 15.4. The van der Waals surface area contributed by atoms with E-state index in [2.05, 4.69) is 11.6 Å². The Morgan fingerprint density at radius 1 is 1.16 bits per heavy atom. The Hall–Kier alpha value is -3.58. The van der Waals surface area contributed by atoms with E-state index in [1.807, 2.05) is 53.1 Å². The van der Waals surface area contributed by atoms with Crippen molar-refractivity contribution in [3.8, 4) is 17.2 Å².